The van der Waals surface area contributed by atoms with Crippen molar-refractivity contribution in [3.05, 3.63) is 106 Å². The van der Waals surface area contributed by atoms with Crippen molar-refractivity contribution in [3.8, 4) is 0 Å². The number of rotatable bonds is 4. The van der Waals surface area contributed by atoms with Gasteiger partial charge in [-0.3, -0.25) is 9.59 Å². The summed E-state index contributed by atoms with van der Waals surface area (Å²) in [7, 11) is 0. The van der Waals surface area contributed by atoms with Crippen molar-refractivity contribution >= 4 is 29.6 Å². The molecule has 0 spiro atoms. The highest BCUT2D eigenvalue weighted by Gasteiger charge is 2.47. The van der Waals surface area contributed by atoms with Gasteiger partial charge in [0.15, 0.2) is 6.04 Å². The normalized spacial score (nSPS) is 19.3. The average molecular weight is 441 g/mol. The fraction of sp³-hybridized carbons (Fsp3) is 0.0870. The number of carbonyl (C=O) groups is 2. The summed E-state index contributed by atoms with van der Waals surface area (Å²) in [5.74, 6) is -1.77. The van der Waals surface area contributed by atoms with Gasteiger partial charge in [-0.2, -0.15) is 0 Å². The van der Waals surface area contributed by atoms with E-state index in [4.69, 9.17) is 11.6 Å². The lowest BCUT2D eigenvalue weighted by Crippen LogP contribution is -2.42. The second-order valence-electron chi connectivity index (χ2n) is 7.02. The number of hydrogen-bond donors (Lipinski definition) is 2. The molecular formula is C23H17ClF2N3O2+. The highest BCUT2D eigenvalue weighted by Crippen LogP contribution is 2.26. The minimum atomic E-state index is -0.935. The van der Waals surface area contributed by atoms with Gasteiger partial charge in [0, 0.05) is 21.7 Å². The second-order valence-corrected chi connectivity index (χ2v) is 7.45. The van der Waals surface area contributed by atoms with Crippen LogP contribution in [0.4, 0.5) is 8.78 Å². The molecule has 2 amide bonds. The molecule has 0 radical (unpaired) electrons. The van der Waals surface area contributed by atoms with Crippen LogP contribution in [0.5, 0.6) is 0 Å². The summed E-state index contributed by atoms with van der Waals surface area (Å²) in [6, 6.07) is 16.2. The predicted octanol–water partition coefficient (Wildman–Crippen LogP) is 3.63. The van der Waals surface area contributed by atoms with Gasteiger partial charge >= 0.3 is 5.91 Å². The van der Waals surface area contributed by atoms with Crippen LogP contribution in [-0.4, -0.2) is 28.8 Å². The van der Waals surface area contributed by atoms with E-state index in [9.17, 15) is 18.4 Å². The van der Waals surface area contributed by atoms with Crippen molar-refractivity contribution in [3.63, 3.8) is 0 Å². The van der Waals surface area contributed by atoms with Crippen molar-refractivity contribution < 1.29 is 23.1 Å². The van der Waals surface area contributed by atoms with Crippen molar-refractivity contribution in [2.45, 2.75) is 12.1 Å². The Kier molecular flexibility index (Phi) is 5.77. The minimum absolute atomic E-state index is 0.227. The van der Waals surface area contributed by atoms with Gasteiger partial charge in [-0.1, -0.05) is 23.7 Å². The highest BCUT2D eigenvalue weighted by atomic mass is 35.5. The first-order valence-electron chi connectivity index (χ1n) is 9.42. The third-order valence-corrected chi connectivity index (χ3v) is 5.15. The fourth-order valence-electron chi connectivity index (χ4n) is 3.38. The Hall–Kier alpha value is -3.58. The third kappa shape index (κ3) is 4.62. The largest absolute Gasteiger partial charge is 0.334 e. The van der Waals surface area contributed by atoms with E-state index in [1.165, 1.54) is 36.4 Å². The number of nitrogens with zero attached hydrogens (tertiary/aromatic N) is 1. The van der Waals surface area contributed by atoms with E-state index < -0.39 is 29.7 Å². The molecule has 0 aromatic heterocycles. The van der Waals surface area contributed by atoms with Crippen molar-refractivity contribution in [1.29, 1.82) is 0 Å². The van der Waals surface area contributed by atoms with E-state index in [0.29, 0.717) is 10.6 Å². The zero-order valence-electron chi connectivity index (χ0n) is 16.1. The molecule has 0 bridgehead atoms. The van der Waals surface area contributed by atoms with Gasteiger partial charge in [0.1, 0.15) is 11.6 Å². The number of amides is 2. The van der Waals surface area contributed by atoms with Crippen LogP contribution in [0.25, 0.3) is 0 Å². The maximum absolute atomic E-state index is 13.3. The van der Waals surface area contributed by atoms with Gasteiger partial charge in [-0.05, 0) is 60.7 Å². The maximum Gasteiger partial charge on any atom is 0.304 e. The molecule has 0 saturated carbocycles. The quantitative estimate of drug-likeness (QED) is 0.608. The predicted molar refractivity (Wildman–Crippen MR) is 112 cm³/mol. The van der Waals surface area contributed by atoms with Gasteiger partial charge in [0.2, 0.25) is 12.3 Å². The number of halogens is 3. The van der Waals surface area contributed by atoms with Gasteiger partial charge in [0.25, 0.3) is 5.91 Å². The van der Waals surface area contributed by atoms with Crippen LogP contribution in [0.3, 0.4) is 0 Å². The number of hydrazine groups is 1. The standard InChI is InChI=1S/C23H16ClF2N3O2/c24-17-7-3-15(4-8-17)21-20(27-22(30)16-5-11-19(26)12-6-16)23(31)28-29(21)13-14-1-9-18(25)10-2-14/h1-13,20-21H,(H-,27,28,30,31)/p+1/b29-13-/t20-,21-/m1/s1. The topological polar surface area (TPSA) is 61.2 Å². The van der Waals surface area contributed by atoms with Crippen LogP contribution in [0, 0.1) is 11.6 Å². The Morgan fingerprint density at radius 1 is 0.935 bits per heavy atom. The molecule has 3 aromatic carbocycles. The summed E-state index contributed by atoms with van der Waals surface area (Å²) < 4.78 is 28.0. The molecular weight excluding hydrogens is 424 g/mol. The first-order valence-corrected chi connectivity index (χ1v) is 9.80. The molecule has 5 nitrogen and oxygen atoms in total. The lowest BCUT2D eigenvalue weighted by Gasteiger charge is -2.15. The molecule has 4 rings (SSSR count). The molecule has 1 aliphatic heterocycles. The first-order chi connectivity index (χ1) is 14.9. The summed E-state index contributed by atoms with van der Waals surface area (Å²) in [6.07, 6.45) is 1.65. The smallest absolute Gasteiger partial charge is 0.304 e. The molecule has 31 heavy (non-hydrogen) atoms. The van der Waals surface area contributed by atoms with Gasteiger partial charge in [0.05, 0.1) is 0 Å². The summed E-state index contributed by atoms with van der Waals surface area (Å²) in [6.45, 7) is 0. The van der Waals surface area contributed by atoms with E-state index in [0.717, 1.165) is 5.56 Å². The van der Waals surface area contributed by atoms with Gasteiger partial charge in [-0.15, -0.1) is 10.1 Å². The Balaban J connectivity index is 1.69. The van der Waals surface area contributed by atoms with E-state index in [2.05, 4.69) is 10.7 Å². The van der Waals surface area contributed by atoms with E-state index in [1.54, 1.807) is 47.3 Å². The first kappa shape index (κ1) is 20.7. The molecule has 0 unspecified atom stereocenters. The van der Waals surface area contributed by atoms with Crippen molar-refractivity contribution in [2.75, 3.05) is 0 Å². The zero-order chi connectivity index (χ0) is 22.0. The summed E-state index contributed by atoms with van der Waals surface area (Å²) in [4.78, 5) is 25.5. The summed E-state index contributed by atoms with van der Waals surface area (Å²) in [5.41, 5.74) is 4.35. The molecule has 1 saturated heterocycles. The average Bonchev–Trinajstić information content (AvgIpc) is 3.05. The molecule has 1 aliphatic rings. The Morgan fingerprint density at radius 2 is 1.52 bits per heavy atom. The monoisotopic (exact) mass is 440 g/mol. The lowest BCUT2D eigenvalue weighted by molar-refractivity contribution is -0.596. The second kappa shape index (κ2) is 8.65. The van der Waals surface area contributed by atoms with E-state index in [-0.39, 0.29) is 11.4 Å². The minimum Gasteiger partial charge on any atom is -0.334 e. The van der Waals surface area contributed by atoms with Crippen LogP contribution in [0.15, 0.2) is 72.8 Å². The third-order valence-electron chi connectivity index (χ3n) is 4.90. The van der Waals surface area contributed by atoms with Crippen LogP contribution >= 0.6 is 11.6 Å². The van der Waals surface area contributed by atoms with Crippen molar-refractivity contribution in [1.82, 2.24) is 10.7 Å². The Labute approximate surface area is 181 Å². The van der Waals surface area contributed by atoms with Crippen LogP contribution in [-0.2, 0) is 4.79 Å². The maximum atomic E-state index is 13.3. The van der Waals surface area contributed by atoms with Gasteiger partial charge in [-0.25, -0.2) is 8.78 Å². The molecule has 8 heteroatoms. The molecule has 1 heterocycles. The zero-order valence-corrected chi connectivity index (χ0v) is 16.8. The van der Waals surface area contributed by atoms with Crippen LogP contribution < -0.4 is 10.7 Å². The Bertz CT molecular complexity index is 1150. The molecule has 2 N–H and O–H groups in total. The van der Waals surface area contributed by atoms with Crippen LogP contribution in [0.1, 0.15) is 27.5 Å². The highest BCUT2D eigenvalue weighted by molar-refractivity contribution is 6.30. The lowest BCUT2D eigenvalue weighted by atomic mass is 10.00. The molecule has 156 valence electrons. The molecule has 3 aromatic rings. The SMILES string of the molecule is O=C(N[C@H]1C(=O)N/[N+](=C\c2ccc(F)cc2)[C@@H]1c1ccc(Cl)cc1)c1ccc(F)cc1. The number of carbonyl (C=O) groups excluding carboxylic acids is 2. The summed E-state index contributed by atoms with van der Waals surface area (Å²) in [5, 5.41) is 3.25. The van der Waals surface area contributed by atoms with E-state index >= 15 is 0 Å². The fourth-order valence-corrected chi connectivity index (χ4v) is 3.50. The van der Waals surface area contributed by atoms with Crippen molar-refractivity contribution in [2.24, 2.45) is 0 Å². The Morgan fingerprint density at radius 3 is 2.13 bits per heavy atom. The number of hydrazone groups is 1. The van der Waals surface area contributed by atoms with E-state index in [1.807, 2.05) is 0 Å². The van der Waals surface area contributed by atoms with Gasteiger partial charge < -0.3 is 5.32 Å². The molecule has 2 atom stereocenters. The number of nitrogens with one attached hydrogen (secondary N) is 2. The number of hydrogen-bond acceptors (Lipinski definition) is 2. The molecule has 1 fully saturated rings. The summed E-state index contributed by atoms with van der Waals surface area (Å²) >= 11 is 6.00. The molecule has 0 aliphatic carbocycles. The van der Waals surface area contributed by atoms with Crippen LogP contribution in [0.2, 0.25) is 5.02 Å². The number of benzene rings is 3.